The Morgan fingerprint density at radius 3 is 2.79 bits per heavy atom. The van der Waals surface area contributed by atoms with Crippen LogP contribution in [0.3, 0.4) is 0 Å². The summed E-state index contributed by atoms with van der Waals surface area (Å²) in [4.78, 5) is 3.75. The number of hydrogen-bond donors (Lipinski definition) is 3. The SMILES string of the molecule is CNCc1c(S(=O)(=O)Nc2nccnn2)n[nH]c1C. The van der Waals surface area contributed by atoms with Crippen LogP contribution in [0.4, 0.5) is 5.95 Å². The second-order valence-corrected chi connectivity index (χ2v) is 5.33. The van der Waals surface area contributed by atoms with E-state index >= 15 is 0 Å². The number of hydrogen-bond acceptors (Lipinski definition) is 7. The van der Waals surface area contributed by atoms with E-state index in [4.69, 9.17) is 0 Å². The molecule has 0 radical (unpaired) electrons. The van der Waals surface area contributed by atoms with Gasteiger partial charge in [0.05, 0.1) is 12.4 Å². The first-order chi connectivity index (χ1) is 9.04. The van der Waals surface area contributed by atoms with Crippen molar-refractivity contribution in [1.29, 1.82) is 0 Å². The highest BCUT2D eigenvalue weighted by Crippen LogP contribution is 2.17. The summed E-state index contributed by atoms with van der Waals surface area (Å²) in [7, 11) is -2.12. The summed E-state index contributed by atoms with van der Waals surface area (Å²) in [5.41, 5.74) is 1.25. The molecule has 0 aromatic carbocycles. The van der Waals surface area contributed by atoms with Gasteiger partial charge < -0.3 is 5.32 Å². The van der Waals surface area contributed by atoms with Crippen LogP contribution in [0, 0.1) is 6.92 Å². The van der Waals surface area contributed by atoms with Gasteiger partial charge in [0.1, 0.15) is 0 Å². The molecule has 0 amide bonds. The lowest BCUT2D eigenvalue weighted by Gasteiger charge is -2.05. The smallest absolute Gasteiger partial charge is 0.283 e. The van der Waals surface area contributed by atoms with Gasteiger partial charge in [0.2, 0.25) is 5.03 Å². The van der Waals surface area contributed by atoms with Crippen LogP contribution in [-0.4, -0.2) is 40.8 Å². The summed E-state index contributed by atoms with van der Waals surface area (Å²) in [5.74, 6) is -0.0986. The minimum Gasteiger partial charge on any atom is -0.316 e. The van der Waals surface area contributed by atoms with Crippen LogP contribution in [0.15, 0.2) is 17.4 Å². The number of aromatic amines is 1. The molecule has 0 saturated heterocycles. The van der Waals surface area contributed by atoms with Crippen molar-refractivity contribution in [3.05, 3.63) is 23.7 Å². The highest BCUT2D eigenvalue weighted by molar-refractivity contribution is 7.92. The predicted molar refractivity (Wildman–Crippen MR) is 66.7 cm³/mol. The molecular weight excluding hydrogens is 270 g/mol. The zero-order valence-corrected chi connectivity index (χ0v) is 11.2. The number of H-pyrrole nitrogens is 1. The molecule has 0 aliphatic carbocycles. The Hall–Kier alpha value is -2.07. The monoisotopic (exact) mass is 283 g/mol. The average molecular weight is 283 g/mol. The fourth-order valence-electron chi connectivity index (χ4n) is 1.50. The van der Waals surface area contributed by atoms with Gasteiger partial charge in [0.15, 0.2) is 0 Å². The number of nitrogens with zero attached hydrogens (tertiary/aromatic N) is 4. The molecule has 0 spiro atoms. The van der Waals surface area contributed by atoms with Crippen molar-refractivity contribution in [2.75, 3.05) is 11.8 Å². The Morgan fingerprint density at radius 2 is 2.16 bits per heavy atom. The van der Waals surface area contributed by atoms with E-state index in [1.165, 1.54) is 12.4 Å². The summed E-state index contributed by atoms with van der Waals surface area (Å²) in [5, 5.41) is 16.4. The van der Waals surface area contributed by atoms with Gasteiger partial charge in [0, 0.05) is 17.8 Å². The zero-order chi connectivity index (χ0) is 13.9. The lowest BCUT2D eigenvalue weighted by molar-refractivity contribution is 0.594. The predicted octanol–water partition coefficient (Wildman–Crippen LogP) is -0.577. The molecule has 10 heteroatoms. The van der Waals surface area contributed by atoms with Crippen molar-refractivity contribution in [2.45, 2.75) is 18.5 Å². The first kappa shape index (κ1) is 13.4. The van der Waals surface area contributed by atoms with E-state index < -0.39 is 10.0 Å². The summed E-state index contributed by atoms with van der Waals surface area (Å²) >= 11 is 0. The lowest BCUT2D eigenvalue weighted by atomic mass is 10.3. The molecule has 0 saturated carbocycles. The van der Waals surface area contributed by atoms with E-state index in [1.807, 2.05) is 0 Å². The highest BCUT2D eigenvalue weighted by Gasteiger charge is 2.24. The normalized spacial score (nSPS) is 11.5. The summed E-state index contributed by atoms with van der Waals surface area (Å²) in [6.45, 7) is 2.13. The van der Waals surface area contributed by atoms with Gasteiger partial charge in [-0.15, -0.1) is 5.10 Å². The number of aromatic nitrogens is 5. The van der Waals surface area contributed by atoms with Gasteiger partial charge in [-0.3, -0.25) is 5.10 Å². The maximum Gasteiger partial charge on any atom is 0.283 e. The minimum absolute atomic E-state index is 0.0770. The van der Waals surface area contributed by atoms with E-state index in [0.29, 0.717) is 17.8 Å². The second kappa shape index (κ2) is 5.28. The van der Waals surface area contributed by atoms with Crippen LogP contribution < -0.4 is 10.0 Å². The van der Waals surface area contributed by atoms with Gasteiger partial charge in [-0.1, -0.05) is 0 Å². The van der Waals surface area contributed by atoms with Crippen molar-refractivity contribution < 1.29 is 8.42 Å². The molecule has 0 fully saturated rings. The maximum absolute atomic E-state index is 12.2. The molecule has 3 N–H and O–H groups in total. The van der Waals surface area contributed by atoms with Gasteiger partial charge in [-0.25, -0.2) is 9.71 Å². The van der Waals surface area contributed by atoms with Crippen molar-refractivity contribution in [1.82, 2.24) is 30.7 Å². The van der Waals surface area contributed by atoms with Gasteiger partial charge in [-0.2, -0.15) is 18.6 Å². The molecule has 2 heterocycles. The second-order valence-electron chi connectivity index (χ2n) is 3.73. The quantitative estimate of drug-likeness (QED) is 0.670. The van der Waals surface area contributed by atoms with Crippen LogP contribution in [0.1, 0.15) is 11.3 Å². The van der Waals surface area contributed by atoms with Crippen molar-refractivity contribution in [3.8, 4) is 0 Å². The maximum atomic E-state index is 12.2. The van der Waals surface area contributed by atoms with Crippen molar-refractivity contribution in [3.63, 3.8) is 0 Å². The zero-order valence-electron chi connectivity index (χ0n) is 10.4. The van der Waals surface area contributed by atoms with Crippen LogP contribution in [0.25, 0.3) is 0 Å². The van der Waals surface area contributed by atoms with Crippen LogP contribution in [0.5, 0.6) is 0 Å². The number of rotatable bonds is 5. The Kier molecular flexibility index (Phi) is 3.71. The molecule has 19 heavy (non-hydrogen) atoms. The number of anilines is 1. The summed E-state index contributed by atoms with van der Waals surface area (Å²) < 4.78 is 26.6. The Labute approximate surface area is 109 Å². The Morgan fingerprint density at radius 1 is 1.37 bits per heavy atom. The van der Waals surface area contributed by atoms with Crippen LogP contribution in [-0.2, 0) is 16.6 Å². The molecular formula is C9H13N7O2S. The standard InChI is InChI=1S/C9H13N7O2S/c1-6-7(5-10-2)8(14-13-6)19(17,18)16-9-11-3-4-12-15-9/h3-4,10H,5H2,1-2H3,(H,13,14)(H,11,15,16). The topological polar surface area (TPSA) is 126 Å². The highest BCUT2D eigenvalue weighted by atomic mass is 32.2. The third-order valence-electron chi connectivity index (χ3n) is 2.35. The van der Waals surface area contributed by atoms with Crippen LogP contribution in [0.2, 0.25) is 0 Å². The first-order valence-corrected chi connectivity index (χ1v) is 6.88. The number of aryl methyl sites for hydroxylation is 1. The molecule has 0 aliphatic heterocycles. The minimum atomic E-state index is -3.84. The largest absolute Gasteiger partial charge is 0.316 e. The molecule has 0 bridgehead atoms. The third-order valence-corrected chi connectivity index (χ3v) is 3.65. The third kappa shape index (κ3) is 2.85. The molecule has 0 atom stereocenters. The fourth-order valence-corrected chi connectivity index (χ4v) is 2.65. The van der Waals surface area contributed by atoms with Crippen molar-refractivity contribution in [2.24, 2.45) is 0 Å². The molecule has 2 rings (SSSR count). The summed E-state index contributed by atoms with van der Waals surface area (Å²) in [6.07, 6.45) is 2.69. The Bertz CT molecular complexity index is 652. The number of sulfonamides is 1. The van der Waals surface area contributed by atoms with E-state index in [0.717, 1.165) is 0 Å². The first-order valence-electron chi connectivity index (χ1n) is 5.39. The molecule has 0 aliphatic rings. The lowest BCUT2D eigenvalue weighted by Crippen LogP contribution is -2.19. The van der Waals surface area contributed by atoms with E-state index in [1.54, 1.807) is 14.0 Å². The van der Waals surface area contributed by atoms with Gasteiger partial charge >= 0.3 is 0 Å². The molecule has 0 unspecified atom stereocenters. The average Bonchev–Trinajstić information content (AvgIpc) is 2.73. The molecule has 2 aromatic heterocycles. The van der Waals surface area contributed by atoms with E-state index in [-0.39, 0.29) is 11.0 Å². The van der Waals surface area contributed by atoms with E-state index in [9.17, 15) is 8.42 Å². The van der Waals surface area contributed by atoms with Crippen molar-refractivity contribution >= 4 is 16.0 Å². The summed E-state index contributed by atoms with van der Waals surface area (Å²) in [6, 6.07) is 0. The van der Waals surface area contributed by atoms with Crippen LogP contribution >= 0.6 is 0 Å². The van der Waals surface area contributed by atoms with Gasteiger partial charge in [-0.05, 0) is 14.0 Å². The number of nitrogens with one attached hydrogen (secondary N) is 3. The molecule has 102 valence electrons. The fraction of sp³-hybridized carbons (Fsp3) is 0.333. The molecule has 2 aromatic rings. The Balaban J connectivity index is 2.35. The van der Waals surface area contributed by atoms with Gasteiger partial charge in [0.25, 0.3) is 16.0 Å². The molecule has 9 nitrogen and oxygen atoms in total. The van der Waals surface area contributed by atoms with E-state index in [2.05, 4.69) is 35.4 Å².